The predicted molar refractivity (Wildman–Crippen MR) is 82.1 cm³/mol. The van der Waals surface area contributed by atoms with E-state index < -0.39 is 34.1 Å². The van der Waals surface area contributed by atoms with Gasteiger partial charge >= 0.3 is 5.97 Å². The van der Waals surface area contributed by atoms with E-state index in [1.807, 2.05) is 0 Å². The van der Waals surface area contributed by atoms with Gasteiger partial charge in [-0.25, -0.2) is 9.18 Å². The van der Waals surface area contributed by atoms with Gasteiger partial charge in [-0.15, -0.1) is 0 Å². The zero-order chi connectivity index (χ0) is 17.4. The van der Waals surface area contributed by atoms with Gasteiger partial charge < -0.3 is 19.2 Å². The number of fused-ring (bicyclic) bond motifs is 1. The van der Waals surface area contributed by atoms with Gasteiger partial charge in [-0.2, -0.15) is 0 Å². The van der Waals surface area contributed by atoms with E-state index in [0.29, 0.717) is 5.56 Å². The molecule has 0 atom stereocenters. The lowest BCUT2D eigenvalue weighted by Crippen LogP contribution is -2.26. The van der Waals surface area contributed by atoms with Crippen LogP contribution in [0.1, 0.15) is 15.9 Å². The quantitative estimate of drug-likeness (QED) is 0.747. The Morgan fingerprint density at radius 2 is 1.79 bits per heavy atom. The van der Waals surface area contributed by atoms with Crippen molar-refractivity contribution in [3.8, 4) is 5.75 Å². The summed E-state index contributed by atoms with van der Waals surface area (Å²) in [7, 11) is 0. The number of aromatic hydroxyl groups is 1. The Hall–Kier alpha value is -3.42. The van der Waals surface area contributed by atoms with Crippen LogP contribution >= 0.6 is 0 Å². The topological polar surface area (TPSA) is 101 Å². The summed E-state index contributed by atoms with van der Waals surface area (Å²) in [6.45, 7) is 0.101. The maximum absolute atomic E-state index is 12.9. The fraction of sp³-hybridized carbons (Fsp3) is 0.0625. The van der Waals surface area contributed by atoms with Crippen molar-refractivity contribution in [2.75, 3.05) is 0 Å². The molecule has 0 fully saturated rings. The molecule has 7 nitrogen and oxygen atoms in total. The van der Waals surface area contributed by atoms with E-state index in [4.69, 9.17) is 5.11 Å². The number of carbonyl (C=O) groups is 1. The summed E-state index contributed by atoms with van der Waals surface area (Å²) in [5, 5.41) is 18.9. The third-order valence-corrected chi connectivity index (χ3v) is 3.58. The van der Waals surface area contributed by atoms with Crippen LogP contribution < -0.4 is 11.0 Å². The third kappa shape index (κ3) is 2.54. The zero-order valence-corrected chi connectivity index (χ0v) is 12.1. The molecule has 2 aromatic heterocycles. The number of halogens is 1. The van der Waals surface area contributed by atoms with Crippen molar-refractivity contribution in [3.05, 3.63) is 80.4 Å². The minimum Gasteiger partial charge on any atom is -0.503 e. The molecule has 0 amide bonds. The first-order valence-electron chi connectivity index (χ1n) is 6.83. The fourth-order valence-corrected chi connectivity index (χ4v) is 2.37. The first-order valence-corrected chi connectivity index (χ1v) is 6.83. The zero-order valence-electron chi connectivity index (χ0n) is 12.1. The van der Waals surface area contributed by atoms with E-state index in [9.17, 15) is 23.9 Å². The molecule has 3 aromatic rings. The second-order valence-electron chi connectivity index (χ2n) is 5.14. The number of aromatic carboxylic acids is 1. The molecule has 0 unspecified atom stereocenters. The number of rotatable bonds is 3. The molecule has 1 aromatic carbocycles. The molecule has 122 valence electrons. The van der Waals surface area contributed by atoms with Gasteiger partial charge in [0.1, 0.15) is 11.4 Å². The number of hydrogen-bond donors (Lipinski definition) is 2. The molecule has 8 heteroatoms. The van der Waals surface area contributed by atoms with Gasteiger partial charge in [-0.1, -0.05) is 12.1 Å². The summed E-state index contributed by atoms with van der Waals surface area (Å²) in [4.78, 5) is 35.3. The average molecular weight is 330 g/mol. The van der Waals surface area contributed by atoms with Gasteiger partial charge in [-0.05, 0) is 17.7 Å². The molecule has 0 aliphatic rings. The van der Waals surface area contributed by atoms with Gasteiger partial charge in [0.25, 0.3) is 5.56 Å². The second-order valence-corrected chi connectivity index (χ2v) is 5.14. The van der Waals surface area contributed by atoms with Crippen LogP contribution in [0.25, 0.3) is 5.52 Å². The van der Waals surface area contributed by atoms with Crippen molar-refractivity contribution in [1.29, 1.82) is 0 Å². The van der Waals surface area contributed by atoms with Gasteiger partial charge in [0.15, 0.2) is 11.3 Å². The summed E-state index contributed by atoms with van der Waals surface area (Å²) in [6, 6.07) is 5.52. The minimum absolute atomic E-state index is 0.101. The normalized spacial score (nSPS) is 10.9. The molecule has 0 spiro atoms. The lowest BCUT2D eigenvalue weighted by molar-refractivity contribution is 0.0694. The Balaban J connectivity index is 2.18. The van der Waals surface area contributed by atoms with Crippen molar-refractivity contribution in [2.45, 2.75) is 6.54 Å². The van der Waals surface area contributed by atoms with Crippen LogP contribution in [0.5, 0.6) is 5.75 Å². The maximum Gasteiger partial charge on any atom is 0.341 e. The number of hydrogen-bond acceptors (Lipinski definition) is 4. The van der Waals surface area contributed by atoms with Crippen molar-refractivity contribution >= 4 is 11.5 Å². The lowest BCUT2D eigenvalue weighted by atomic mass is 10.2. The molecule has 0 aliphatic heterocycles. The molecule has 0 radical (unpaired) electrons. The van der Waals surface area contributed by atoms with Gasteiger partial charge in [0, 0.05) is 18.6 Å². The highest BCUT2D eigenvalue weighted by molar-refractivity contribution is 5.88. The molecule has 24 heavy (non-hydrogen) atoms. The highest BCUT2D eigenvalue weighted by Crippen LogP contribution is 2.12. The molecular weight excluding hydrogens is 319 g/mol. The van der Waals surface area contributed by atoms with Crippen LogP contribution in [0, 0.1) is 5.82 Å². The molecule has 0 bridgehead atoms. The average Bonchev–Trinajstić information content (AvgIpc) is 2.54. The van der Waals surface area contributed by atoms with E-state index >= 15 is 0 Å². The second kappa shape index (κ2) is 5.65. The van der Waals surface area contributed by atoms with Gasteiger partial charge in [0.2, 0.25) is 5.43 Å². The van der Waals surface area contributed by atoms with Crippen molar-refractivity contribution < 1.29 is 19.4 Å². The highest BCUT2D eigenvalue weighted by Gasteiger charge is 2.18. The number of nitrogens with zero attached hydrogens (tertiary/aromatic N) is 2. The van der Waals surface area contributed by atoms with E-state index in [0.717, 1.165) is 10.6 Å². The number of carboxylic acid groups (broad SMARTS) is 1. The lowest BCUT2D eigenvalue weighted by Gasteiger charge is -2.10. The minimum atomic E-state index is -1.50. The number of benzene rings is 1. The van der Waals surface area contributed by atoms with E-state index in [1.54, 1.807) is 0 Å². The first kappa shape index (κ1) is 15.5. The molecular formula is C16H11FN2O5. The molecule has 0 saturated carbocycles. The van der Waals surface area contributed by atoms with E-state index in [2.05, 4.69) is 0 Å². The van der Waals surface area contributed by atoms with Crippen LogP contribution in [0.4, 0.5) is 4.39 Å². The van der Waals surface area contributed by atoms with Crippen LogP contribution in [0.15, 0.2) is 52.4 Å². The Labute approximate surface area is 133 Å². The highest BCUT2D eigenvalue weighted by atomic mass is 19.1. The standard InChI is InChI=1S/C16H11FN2O5/c17-10-3-1-9(2-4-10)7-19-6-5-18-8-11(16(23)24)13(20)14(21)12(18)15(19)22/h1-6,8,21H,7H2,(H,23,24). The van der Waals surface area contributed by atoms with Crippen molar-refractivity contribution in [1.82, 2.24) is 8.97 Å². The summed E-state index contributed by atoms with van der Waals surface area (Å²) < 4.78 is 15.2. The maximum atomic E-state index is 12.9. The Kier molecular flexibility index (Phi) is 3.64. The Morgan fingerprint density at radius 1 is 1.12 bits per heavy atom. The van der Waals surface area contributed by atoms with Gasteiger partial charge in [-0.3, -0.25) is 9.59 Å². The number of pyridine rings is 1. The van der Waals surface area contributed by atoms with Crippen molar-refractivity contribution in [2.24, 2.45) is 0 Å². The monoisotopic (exact) mass is 330 g/mol. The van der Waals surface area contributed by atoms with Crippen LogP contribution in [0.2, 0.25) is 0 Å². The predicted octanol–water partition coefficient (Wildman–Crippen LogP) is 1.05. The summed E-state index contributed by atoms with van der Waals surface area (Å²) in [5.74, 6) is -2.83. The van der Waals surface area contributed by atoms with Crippen LogP contribution in [-0.2, 0) is 6.54 Å². The van der Waals surface area contributed by atoms with Crippen LogP contribution in [0.3, 0.4) is 0 Å². The Morgan fingerprint density at radius 3 is 2.42 bits per heavy atom. The van der Waals surface area contributed by atoms with Crippen molar-refractivity contribution in [3.63, 3.8) is 0 Å². The number of carboxylic acids is 1. The molecule has 2 heterocycles. The number of aromatic nitrogens is 2. The molecule has 2 N–H and O–H groups in total. The summed E-state index contributed by atoms with van der Waals surface area (Å²) in [5.41, 5.74) is -2.12. The first-order chi connectivity index (χ1) is 11.4. The smallest absolute Gasteiger partial charge is 0.341 e. The largest absolute Gasteiger partial charge is 0.503 e. The SMILES string of the molecule is O=C(O)c1cn2ccn(Cc3ccc(F)cc3)c(=O)c2c(O)c1=O. The molecule has 3 rings (SSSR count). The van der Waals surface area contributed by atoms with E-state index in [-0.39, 0.29) is 12.1 Å². The summed E-state index contributed by atoms with van der Waals surface area (Å²) >= 11 is 0. The molecule has 0 saturated heterocycles. The van der Waals surface area contributed by atoms with Crippen LogP contribution in [-0.4, -0.2) is 25.2 Å². The molecule has 0 aliphatic carbocycles. The fourth-order valence-electron chi connectivity index (χ4n) is 2.37. The Bertz CT molecular complexity index is 1070. The summed E-state index contributed by atoms with van der Waals surface area (Å²) in [6.07, 6.45) is 3.71. The third-order valence-electron chi connectivity index (χ3n) is 3.58. The van der Waals surface area contributed by atoms with Gasteiger partial charge in [0.05, 0.1) is 6.54 Å². The van der Waals surface area contributed by atoms with E-state index in [1.165, 1.54) is 41.2 Å².